The molecule has 1 fully saturated rings. The first-order chi connectivity index (χ1) is 10.2. The Kier molecular flexibility index (Phi) is 4.26. The van der Waals surface area contributed by atoms with Gasteiger partial charge in [0.1, 0.15) is 5.01 Å². The molecular formula is C15H17N3O2S. The van der Waals surface area contributed by atoms with Gasteiger partial charge in [-0.2, -0.15) is 0 Å². The second kappa shape index (κ2) is 6.32. The standard InChI is InChI=1S/C15H17N3O2S/c19-15(20)13-12(10-18-8-2-1-3-9-18)21-14(17-13)11-4-6-16-7-5-11/h4-7H,1-3,8-10H2,(H,19,20). The van der Waals surface area contributed by atoms with Gasteiger partial charge in [-0.25, -0.2) is 9.78 Å². The van der Waals surface area contributed by atoms with Crippen molar-refractivity contribution in [2.24, 2.45) is 0 Å². The minimum absolute atomic E-state index is 0.192. The number of likely N-dealkylation sites (tertiary alicyclic amines) is 1. The van der Waals surface area contributed by atoms with E-state index in [9.17, 15) is 9.90 Å². The Morgan fingerprint density at radius 1 is 1.24 bits per heavy atom. The second-order valence-corrected chi connectivity index (χ2v) is 6.25. The predicted molar refractivity (Wildman–Crippen MR) is 81.4 cm³/mol. The third-order valence-corrected chi connectivity index (χ3v) is 4.73. The van der Waals surface area contributed by atoms with Crippen LogP contribution in [0.2, 0.25) is 0 Å². The van der Waals surface area contributed by atoms with Gasteiger partial charge in [-0.1, -0.05) is 6.42 Å². The summed E-state index contributed by atoms with van der Waals surface area (Å²) in [5.41, 5.74) is 1.11. The summed E-state index contributed by atoms with van der Waals surface area (Å²) in [4.78, 5) is 22.9. The van der Waals surface area contributed by atoms with Crippen LogP contribution in [0.1, 0.15) is 34.6 Å². The lowest BCUT2D eigenvalue weighted by Gasteiger charge is -2.25. The summed E-state index contributed by atoms with van der Waals surface area (Å²) in [6.07, 6.45) is 7.05. The predicted octanol–water partition coefficient (Wildman–Crippen LogP) is 2.89. The molecule has 2 aromatic rings. The van der Waals surface area contributed by atoms with E-state index in [4.69, 9.17) is 0 Å². The van der Waals surface area contributed by atoms with Crippen molar-refractivity contribution < 1.29 is 9.90 Å². The summed E-state index contributed by atoms with van der Waals surface area (Å²) in [6, 6.07) is 3.71. The highest BCUT2D eigenvalue weighted by Gasteiger charge is 2.21. The number of hydrogen-bond acceptors (Lipinski definition) is 5. The van der Waals surface area contributed by atoms with E-state index in [1.54, 1.807) is 12.4 Å². The normalized spacial score (nSPS) is 16.0. The van der Waals surface area contributed by atoms with Crippen LogP contribution in [0.25, 0.3) is 10.6 Å². The molecule has 0 spiro atoms. The number of rotatable bonds is 4. The molecule has 1 saturated heterocycles. The molecular weight excluding hydrogens is 286 g/mol. The number of carbonyl (C=O) groups is 1. The van der Waals surface area contributed by atoms with E-state index in [1.165, 1.54) is 30.6 Å². The summed E-state index contributed by atoms with van der Waals surface area (Å²) in [5, 5.41) is 10.1. The molecule has 1 aliphatic heterocycles. The summed E-state index contributed by atoms with van der Waals surface area (Å²) in [7, 11) is 0. The molecule has 0 aromatic carbocycles. The number of aromatic nitrogens is 2. The molecule has 5 nitrogen and oxygen atoms in total. The van der Waals surface area contributed by atoms with E-state index in [2.05, 4.69) is 14.9 Å². The first-order valence-electron chi connectivity index (χ1n) is 7.10. The molecule has 1 aliphatic rings. The first kappa shape index (κ1) is 14.2. The summed E-state index contributed by atoms with van der Waals surface area (Å²) in [6.45, 7) is 2.77. The zero-order valence-corrected chi connectivity index (χ0v) is 12.5. The highest BCUT2D eigenvalue weighted by atomic mass is 32.1. The second-order valence-electron chi connectivity index (χ2n) is 5.17. The Morgan fingerprint density at radius 3 is 2.62 bits per heavy atom. The van der Waals surface area contributed by atoms with E-state index in [0.29, 0.717) is 6.54 Å². The molecule has 3 heterocycles. The Hall–Kier alpha value is -1.79. The van der Waals surface area contributed by atoms with Gasteiger partial charge < -0.3 is 5.11 Å². The average Bonchev–Trinajstić information content (AvgIpc) is 2.93. The number of nitrogens with zero attached hydrogens (tertiary/aromatic N) is 3. The van der Waals surface area contributed by atoms with Gasteiger partial charge in [0.25, 0.3) is 0 Å². The molecule has 0 saturated carbocycles. The van der Waals surface area contributed by atoms with Crippen LogP contribution in [0, 0.1) is 0 Å². The van der Waals surface area contributed by atoms with Crippen molar-refractivity contribution in [1.29, 1.82) is 0 Å². The van der Waals surface area contributed by atoms with Gasteiger partial charge in [0.2, 0.25) is 0 Å². The number of piperidine rings is 1. The maximum atomic E-state index is 11.4. The van der Waals surface area contributed by atoms with Crippen LogP contribution < -0.4 is 0 Å². The third-order valence-electron chi connectivity index (χ3n) is 3.64. The summed E-state index contributed by atoms with van der Waals surface area (Å²) >= 11 is 1.47. The fraction of sp³-hybridized carbons (Fsp3) is 0.400. The van der Waals surface area contributed by atoms with Crippen LogP contribution in [0.3, 0.4) is 0 Å². The molecule has 1 N–H and O–H groups in total. The number of thiazole rings is 1. The van der Waals surface area contributed by atoms with E-state index in [0.717, 1.165) is 28.5 Å². The Morgan fingerprint density at radius 2 is 1.95 bits per heavy atom. The van der Waals surface area contributed by atoms with Gasteiger partial charge in [0, 0.05) is 24.5 Å². The monoisotopic (exact) mass is 303 g/mol. The van der Waals surface area contributed by atoms with Gasteiger partial charge in [0.05, 0.1) is 4.88 Å². The van der Waals surface area contributed by atoms with Crippen molar-refractivity contribution >= 4 is 17.3 Å². The van der Waals surface area contributed by atoms with Crippen LogP contribution in [-0.2, 0) is 6.54 Å². The molecule has 6 heteroatoms. The van der Waals surface area contributed by atoms with Crippen molar-refractivity contribution in [2.75, 3.05) is 13.1 Å². The van der Waals surface area contributed by atoms with Crippen molar-refractivity contribution in [3.63, 3.8) is 0 Å². The Balaban J connectivity index is 1.88. The van der Waals surface area contributed by atoms with Crippen molar-refractivity contribution in [2.45, 2.75) is 25.8 Å². The summed E-state index contributed by atoms with van der Waals surface area (Å²) in [5.74, 6) is -0.946. The van der Waals surface area contributed by atoms with Crippen LogP contribution in [-0.4, -0.2) is 39.0 Å². The number of aromatic carboxylic acids is 1. The molecule has 110 valence electrons. The summed E-state index contributed by atoms with van der Waals surface area (Å²) < 4.78 is 0. The number of pyridine rings is 1. The average molecular weight is 303 g/mol. The quantitative estimate of drug-likeness (QED) is 0.940. The van der Waals surface area contributed by atoms with E-state index >= 15 is 0 Å². The highest BCUT2D eigenvalue weighted by Crippen LogP contribution is 2.29. The van der Waals surface area contributed by atoms with Gasteiger partial charge in [0.15, 0.2) is 5.69 Å². The van der Waals surface area contributed by atoms with Crippen molar-refractivity contribution in [3.05, 3.63) is 35.1 Å². The van der Waals surface area contributed by atoms with Crippen LogP contribution in [0.4, 0.5) is 0 Å². The fourth-order valence-electron chi connectivity index (χ4n) is 2.56. The highest BCUT2D eigenvalue weighted by molar-refractivity contribution is 7.15. The van der Waals surface area contributed by atoms with Gasteiger partial charge in [-0.3, -0.25) is 9.88 Å². The molecule has 2 aromatic heterocycles. The molecule has 21 heavy (non-hydrogen) atoms. The minimum atomic E-state index is -0.946. The van der Waals surface area contributed by atoms with E-state index in [1.807, 2.05) is 12.1 Å². The zero-order valence-electron chi connectivity index (χ0n) is 11.7. The molecule has 0 amide bonds. The lowest BCUT2D eigenvalue weighted by Crippen LogP contribution is -2.29. The molecule has 0 aliphatic carbocycles. The minimum Gasteiger partial charge on any atom is -0.476 e. The topological polar surface area (TPSA) is 66.3 Å². The maximum Gasteiger partial charge on any atom is 0.355 e. The molecule has 0 unspecified atom stereocenters. The van der Waals surface area contributed by atoms with Crippen LogP contribution in [0.15, 0.2) is 24.5 Å². The molecule has 0 atom stereocenters. The van der Waals surface area contributed by atoms with Gasteiger partial charge in [-0.15, -0.1) is 11.3 Å². The van der Waals surface area contributed by atoms with Gasteiger partial charge >= 0.3 is 5.97 Å². The van der Waals surface area contributed by atoms with E-state index in [-0.39, 0.29) is 5.69 Å². The van der Waals surface area contributed by atoms with Crippen molar-refractivity contribution in [1.82, 2.24) is 14.9 Å². The third kappa shape index (κ3) is 3.28. The number of carboxylic acids is 1. The SMILES string of the molecule is O=C(O)c1nc(-c2ccncc2)sc1CN1CCCCC1. The lowest BCUT2D eigenvalue weighted by molar-refractivity contribution is 0.0689. The Bertz CT molecular complexity index is 621. The van der Waals surface area contributed by atoms with Crippen molar-refractivity contribution in [3.8, 4) is 10.6 Å². The van der Waals surface area contributed by atoms with Crippen LogP contribution in [0.5, 0.6) is 0 Å². The number of hydrogen-bond donors (Lipinski definition) is 1. The maximum absolute atomic E-state index is 11.4. The number of carboxylic acid groups (broad SMARTS) is 1. The van der Waals surface area contributed by atoms with E-state index < -0.39 is 5.97 Å². The molecule has 0 radical (unpaired) electrons. The lowest BCUT2D eigenvalue weighted by atomic mass is 10.1. The molecule has 3 rings (SSSR count). The molecule has 0 bridgehead atoms. The fourth-order valence-corrected chi connectivity index (χ4v) is 3.67. The Labute approximate surface area is 127 Å². The van der Waals surface area contributed by atoms with Gasteiger partial charge in [-0.05, 0) is 38.1 Å². The first-order valence-corrected chi connectivity index (χ1v) is 7.91. The smallest absolute Gasteiger partial charge is 0.355 e. The largest absolute Gasteiger partial charge is 0.476 e. The van der Waals surface area contributed by atoms with Crippen LogP contribution >= 0.6 is 11.3 Å². The zero-order chi connectivity index (χ0) is 14.7.